The molecule has 70 valence electrons. The molecule has 0 radical (unpaired) electrons. The van der Waals surface area contributed by atoms with E-state index in [1.165, 1.54) is 5.19 Å². The maximum atomic E-state index is 5.79. The van der Waals surface area contributed by atoms with E-state index in [1.54, 1.807) is 6.08 Å². The van der Waals surface area contributed by atoms with Crippen LogP contribution in [0.15, 0.2) is 36.9 Å². The van der Waals surface area contributed by atoms with Crippen molar-refractivity contribution in [3.63, 3.8) is 0 Å². The summed E-state index contributed by atoms with van der Waals surface area (Å²) >= 11 is 0. The Bertz CT molecular complexity index is 273. The summed E-state index contributed by atoms with van der Waals surface area (Å²) in [6.07, 6.45) is 1.75. The van der Waals surface area contributed by atoms with Crippen LogP contribution in [0.1, 0.15) is 11.6 Å². The van der Waals surface area contributed by atoms with Crippen molar-refractivity contribution in [3.8, 4) is 0 Å². The molecule has 1 rings (SSSR count). The third-order valence-electron chi connectivity index (χ3n) is 1.93. The lowest BCUT2D eigenvalue weighted by molar-refractivity contribution is 0.676. The van der Waals surface area contributed by atoms with E-state index < -0.39 is 9.76 Å². The molecule has 0 aliphatic rings. The highest BCUT2D eigenvalue weighted by atomic mass is 28.3. The monoisotopic (exact) mass is 209 g/mol. The summed E-state index contributed by atoms with van der Waals surface area (Å²) in [5.41, 5.74) is 6.90. The van der Waals surface area contributed by atoms with Crippen molar-refractivity contribution >= 4 is 25.4 Å². The van der Waals surface area contributed by atoms with Crippen LogP contribution < -0.4 is 10.9 Å². The zero-order chi connectivity index (χ0) is 9.68. The first kappa shape index (κ1) is 10.4. The molecule has 1 atom stereocenters. The number of benzene rings is 1. The molecule has 1 aromatic carbocycles. The van der Waals surface area contributed by atoms with Crippen LogP contribution in [0.3, 0.4) is 0 Å². The van der Waals surface area contributed by atoms with E-state index in [9.17, 15) is 0 Å². The lowest BCUT2D eigenvalue weighted by Crippen LogP contribution is -2.17. The Morgan fingerprint density at radius 2 is 2.08 bits per heavy atom. The van der Waals surface area contributed by atoms with E-state index in [2.05, 4.69) is 30.8 Å². The lowest BCUT2D eigenvalue weighted by Gasteiger charge is -2.06. The second-order valence-electron chi connectivity index (χ2n) is 2.94. The Balaban J connectivity index is 2.74. The smallest absolute Gasteiger partial charge is 0.178 e. The first-order valence-electron chi connectivity index (χ1n) is 4.24. The van der Waals surface area contributed by atoms with Gasteiger partial charge in [-0.2, -0.15) is 0 Å². The van der Waals surface area contributed by atoms with Gasteiger partial charge in [0.05, 0.1) is 0 Å². The molecule has 2 nitrogen and oxygen atoms in total. The van der Waals surface area contributed by atoms with E-state index in [1.807, 2.05) is 0 Å². The molecule has 0 aliphatic heterocycles. The fourth-order valence-electron chi connectivity index (χ4n) is 1.14. The molecule has 0 spiro atoms. The molecule has 0 bridgehead atoms. The number of hydrogen-bond donors (Lipinski definition) is 1. The molecule has 0 aromatic heterocycles. The molecule has 0 fully saturated rings. The van der Waals surface area contributed by atoms with Crippen molar-refractivity contribution in [1.82, 2.24) is 0 Å². The van der Waals surface area contributed by atoms with Crippen molar-refractivity contribution in [2.24, 2.45) is 5.73 Å². The van der Waals surface area contributed by atoms with Gasteiger partial charge in [0.2, 0.25) is 0 Å². The molecule has 0 amide bonds. The minimum absolute atomic E-state index is 0.0485. The zero-order valence-corrected chi connectivity index (χ0v) is 11.3. The Labute approximate surface area is 84.3 Å². The van der Waals surface area contributed by atoms with E-state index >= 15 is 0 Å². The van der Waals surface area contributed by atoms with Gasteiger partial charge in [0, 0.05) is 6.04 Å². The van der Waals surface area contributed by atoms with Gasteiger partial charge in [-0.05, 0) is 10.8 Å². The summed E-state index contributed by atoms with van der Waals surface area (Å²) in [5, 5.41) is 1.33. The zero-order valence-electron chi connectivity index (χ0n) is 7.86. The highest BCUT2D eigenvalue weighted by Gasteiger charge is 2.00. The predicted octanol–water partition coefficient (Wildman–Crippen LogP) is -1.12. The van der Waals surface area contributed by atoms with Gasteiger partial charge in [-0.15, -0.1) is 6.58 Å². The van der Waals surface area contributed by atoms with Crippen LogP contribution in [0.4, 0.5) is 0 Å². The molecule has 4 heteroatoms. The fourth-order valence-corrected chi connectivity index (χ4v) is 2.90. The summed E-state index contributed by atoms with van der Waals surface area (Å²) in [4.78, 5) is 0. The van der Waals surface area contributed by atoms with Crippen molar-refractivity contribution in [1.29, 1.82) is 0 Å². The van der Waals surface area contributed by atoms with Gasteiger partial charge in [0.1, 0.15) is 10.5 Å². The third kappa shape index (κ3) is 2.93. The third-order valence-corrected chi connectivity index (χ3v) is 3.89. The second kappa shape index (κ2) is 5.13. The van der Waals surface area contributed by atoms with Crippen LogP contribution >= 0.6 is 0 Å². The average Bonchev–Trinajstić information content (AvgIpc) is 2.18. The molecule has 0 aliphatic carbocycles. The molecule has 13 heavy (non-hydrogen) atoms. The summed E-state index contributed by atoms with van der Waals surface area (Å²) in [5.74, 6) is 0. The van der Waals surface area contributed by atoms with Crippen LogP contribution in [0.2, 0.25) is 0 Å². The quantitative estimate of drug-likeness (QED) is 0.504. The van der Waals surface area contributed by atoms with Crippen LogP contribution in [-0.4, -0.2) is 20.2 Å². The van der Waals surface area contributed by atoms with Crippen LogP contribution in [0, 0.1) is 0 Å². The lowest BCUT2D eigenvalue weighted by atomic mass is 10.1. The van der Waals surface area contributed by atoms with Crippen molar-refractivity contribution in [2.45, 2.75) is 6.04 Å². The summed E-state index contributed by atoms with van der Waals surface area (Å²) in [6, 6.07) is 8.25. The Hall–Kier alpha value is -0.686. The number of rotatable bonds is 4. The molecule has 0 saturated heterocycles. The molecular weight excluding hydrogens is 194 g/mol. The highest BCUT2D eigenvalue weighted by Crippen LogP contribution is 2.08. The summed E-state index contributed by atoms with van der Waals surface area (Å²) in [7, 11) is 0.387. The summed E-state index contributed by atoms with van der Waals surface area (Å²) < 4.78 is 5.28. The van der Waals surface area contributed by atoms with Gasteiger partial charge in [-0.3, -0.25) is 0 Å². The van der Waals surface area contributed by atoms with Gasteiger partial charge in [-0.25, -0.2) is 0 Å². The van der Waals surface area contributed by atoms with Crippen LogP contribution in [0.25, 0.3) is 0 Å². The first-order chi connectivity index (χ1) is 6.27. The van der Waals surface area contributed by atoms with Crippen molar-refractivity contribution in [2.75, 3.05) is 0 Å². The predicted molar refractivity (Wildman–Crippen MR) is 62.8 cm³/mol. The molecule has 0 heterocycles. The highest BCUT2D eigenvalue weighted by molar-refractivity contribution is 6.50. The Kier molecular flexibility index (Phi) is 4.10. The summed E-state index contributed by atoms with van der Waals surface area (Å²) in [6.45, 7) is 3.66. The Morgan fingerprint density at radius 1 is 1.46 bits per heavy atom. The maximum Gasteiger partial charge on any atom is 0.178 e. The van der Waals surface area contributed by atoms with Gasteiger partial charge < -0.3 is 9.85 Å². The molecule has 1 unspecified atom stereocenters. The standard InChI is InChI=1S/C9H15NOSi2/c1-2-9(10)7-3-5-8(6-4-7)13-11-12/h2-6,9H,1,10,13H2,12H3. The minimum atomic E-state index is -0.453. The van der Waals surface area contributed by atoms with Gasteiger partial charge in [-0.1, -0.05) is 30.3 Å². The van der Waals surface area contributed by atoms with Crippen molar-refractivity contribution < 1.29 is 4.12 Å². The average molecular weight is 209 g/mol. The van der Waals surface area contributed by atoms with Crippen LogP contribution in [0.5, 0.6) is 0 Å². The molecule has 2 N–H and O–H groups in total. The maximum absolute atomic E-state index is 5.79. The second-order valence-corrected chi connectivity index (χ2v) is 6.35. The number of nitrogens with two attached hydrogens (primary N) is 1. The first-order valence-corrected chi connectivity index (χ1v) is 6.34. The molecular formula is C9H15NOSi2. The van der Waals surface area contributed by atoms with E-state index in [-0.39, 0.29) is 6.04 Å². The van der Waals surface area contributed by atoms with E-state index in [0.717, 1.165) is 16.0 Å². The SMILES string of the molecule is C=CC(N)c1ccc([SiH2]O[SiH3])cc1. The van der Waals surface area contributed by atoms with Gasteiger partial charge in [0.15, 0.2) is 9.76 Å². The van der Waals surface area contributed by atoms with Gasteiger partial charge >= 0.3 is 0 Å². The normalized spacial score (nSPS) is 13.6. The number of hydrogen-bond acceptors (Lipinski definition) is 2. The fraction of sp³-hybridized carbons (Fsp3) is 0.111. The molecule has 0 saturated carbocycles. The van der Waals surface area contributed by atoms with Crippen molar-refractivity contribution in [3.05, 3.63) is 42.5 Å². The minimum Gasteiger partial charge on any atom is -0.465 e. The van der Waals surface area contributed by atoms with Gasteiger partial charge in [0.25, 0.3) is 0 Å². The molecule has 1 aromatic rings. The van der Waals surface area contributed by atoms with E-state index in [4.69, 9.17) is 9.85 Å². The Morgan fingerprint density at radius 3 is 2.54 bits per heavy atom. The van der Waals surface area contributed by atoms with Crippen LogP contribution in [-0.2, 0) is 4.12 Å². The van der Waals surface area contributed by atoms with E-state index in [0.29, 0.717) is 0 Å². The topological polar surface area (TPSA) is 35.2 Å². The largest absolute Gasteiger partial charge is 0.465 e.